The molecule has 1 aromatic rings. The summed E-state index contributed by atoms with van der Waals surface area (Å²) in [7, 11) is 0. The maximum Gasteiger partial charge on any atom is 0.379 e. The molecule has 0 saturated carbocycles. The van der Waals surface area contributed by atoms with Gasteiger partial charge in [0.1, 0.15) is 5.67 Å². The van der Waals surface area contributed by atoms with Gasteiger partial charge in [0, 0.05) is 16.1 Å². The molecule has 0 bridgehead atoms. The lowest BCUT2D eigenvalue weighted by Gasteiger charge is -2.19. The maximum absolute atomic E-state index is 14.1. The van der Waals surface area contributed by atoms with Crippen molar-refractivity contribution < 1.29 is 18.7 Å². The smallest absolute Gasteiger partial charge is 0.379 e. The Morgan fingerprint density at radius 2 is 2.00 bits per heavy atom. The summed E-state index contributed by atoms with van der Waals surface area (Å²) in [4.78, 5) is 23.3. The highest BCUT2D eigenvalue weighted by molar-refractivity contribution is 6.42. The summed E-state index contributed by atoms with van der Waals surface area (Å²) in [5.41, 5.74) is -1.88. The molecule has 98 valence electrons. The van der Waals surface area contributed by atoms with Crippen LogP contribution in [0.25, 0.3) is 0 Å². The van der Waals surface area contributed by atoms with Crippen LogP contribution in [0.4, 0.5) is 4.39 Å². The van der Waals surface area contributed by atoms with Gasteiger partial charge in [0.2, 0.25) is 0 Å². The van der Waals surface area contributed by atoms with Gasteiger partial charge in [-0.05, 0) is 26.8 Å². The fourth-order valence-corrected chi connectivity index (χ4v) is 2.02. The minimum Gasteiger partial charge on any atom is -0.460 e. The minimum atomic E-state index is -1.82. The lowest BCUT2D eigenvalue weighted by atomic mass is 9.92. The molecule has 0 saturated heterocycles. The molecule has 0 aliphatic rings. The lowest BCUT2D eigenvalue weighted by Crippen LogP contribution is -2.23. The van der Waals surface area contributed by atoms with E-state index in [-0.39, 0.29) is 22.8 Å². The van der Waals surface area contributed by atoms with Crippen LogP contribution in [-0.2, 0) is 15.2 Å². The highest BCUT2D eigenvalue weighted by Gasteiger charge is 2.31. The monoisotopic (exact) mass is 272 g/mol. The van der Waals surface area contributed by atoms with Crippen molar-refractivity contribution in [2.75, 3.05) is 6.61 Å². The second-order valence-corrected chi connectivity index (χ2v) is 4.59. The average Bonchev–Trinajstić information content (AvgIpc) is 2.26. The van der Waals surface area contributed by atoms with Crippen molar-refractivity contribution in [3.8, 4) is 0 Å². The third kappa shape index (κ3) is 3.07. The standard InChI is InChI=1S/C13H14ClFO3/c1-4-18-12(17)11(16)8-6-5-7-9(14)10(8)13(2,3)15/h5-7H,4H2,1-3H3. The summed E-state index contributed by atoms with van der Waals surface area (Å²) in [6, 6.07) is 4.33. The van der Waals surface area contributed by atoms with E-state index in [1.54, 1.807) is 6.92 Å². The van der Waals surface area contributed by atoms with Crippen molar-refractivity contribution in [1.29, 1.82) is 0 Å². The first kappa shape index (κ1) is 14.6. The Morgan fingerprint density at radius 3 is 2.50 bits per heavy atom. The van der Waals surface area contributed by atoms with Crippen molar-refractivity contribution in [2.24, 2.45) is 0 Å². The largest absolute Gasteiger partial charge is 0.460 e. The second kappa shape index (κ2) is 5.48. The fraction of sp³-hybridized carbons (Fsp3) is 0.385. The van der Waals surface area contributed by atoms with E-state index < -0.39 is 17.4 Å². The molecular formula is C13H14ClFO3. The van der Waals surface area contributed by atoms with Crippen molar-refractivity contribution in [2.45, 2.75) is 26.4 Å². The maximum atomic E-state index is 14.1. The summed E-state index contributed by atoms with van der Waals surface area (Å²) in [5, 5.41) is 0.109. The van der Waals surface area contributed by atoms with Crippen LogP contribution in [0.5, 0.6) is 0 Å². The Labute approximate surface area is 110 Å². The Hall–Kier alpha value is -1.42. The molecule has 0 unspecified atom stereocenters. The molecule has 0 aromatic heterocycles. The summed E-state index contributed by atoms with van der Waals surface area (Å²) < 4.78 is 18.7. The molecule has 1 rings (SSSR count). The van der Waals surface area contributed by atoms with Gasteiger partial charge in [-0.3, -0.25) is 4.79 Å². The zero-order valence-corrected chi connectivity index (χ0v) is 11.2. The van der Waals surface area contributed by atoms with Crippen LogP contribution in [0.3, 0.4) is 0 Å². The van der Waals surface area contributed by atoms with Crippen LogP contribution in [0.15, 0.2) is 18.2 Å². The van der Waals surface area contributed by atoms with E-state index in [0.717, 1.165) is 0 Å². The normalized spacial score (nSPS) is 11.2. The average molecular weight is 273 g/mol. The van der Waals surface area contributed by atoms with E-state index >= 15 is 0 Å². The predicted octanol–water partition coefficient (Wildman–Crippen LogP) is 3.29. The van der Waals surface area contributed by atoms with Gasteiger partial charge < -0.3 is 4.74 Å². The third-order valence-electron chi connectivity index (χ3n) is 2.31. The number of hydrogen-bond donors (Lipinski definition) is 0. The molecular weight excluding hydrogens is 259 g/mol. The van der Waals surface area contributed by atoms with E-state index in [2.05, 4.69) is 4.74 Å². The number of benzene rings is 1. The SMILES string of the molecule is CCOC(=O)C(=O)c1cccc(Cl)c1C(C)(C)F. The van der Waals surface area contributed by atoms with Crippen LogP contribution in [0.1, 0.15) is 36.7 Å². The summed E-state index contributed by atoms with van der Waals surface area (Å²) in [6.45, 7) is 4.22. The van der Waals surface area contributed by atoms with Crippen molar-refractivity contribution in [3.63, 3.8) is 0 Å². The zero-order chi connectivity index (χ0) is 13.9. The molecule has 0 N–H and O–H groups in total. The lowest BCUT2D eigenvalue weighted by molar-refractivity contribution is -0.137. The van der Waals surface area contributed by atoms with Gasteiger partial charge in [0.05, 0.1) is 6.61 Å². The van der Waals surface area contributed by atoms with Crippen LogP contribution >= 0.6 is 11.6 Å². The Kier molecular flexibility index (Phi) is 4.46. The number of hydrogen-bond acceptors (Lipinski definition) is 3. The van der Waals surface area contributed by atoms with Crippen molar-refractivity contribution in [3.05, 3.63) is 34.3 Å². The number of ether oxygens (including phenoxy) is 1. The van der Waals surface area contributed by atoms with Crippen LogP contribution in [-0.4, -0.2) is 18.4 Å². The van der Waals surface area contributed by atoms with E-state index in [1.807, 2.05) is 0 Å². The Balaban J connectivity index is 3.29. The summed E-state index contributed by atoms with van der Waals surface area (Å²) in [6.07, 6.45) is 0. The Bertz CT molecular complexity index is 478. The van der Waals surface area contributed by atoms with E-state index in [0.29, 0.717) is 0 Å². The van der Waals surface area contributed by atoms with Gasteiger partial charge in [0.15, 0.2) is 0 Å². The fourth-order valence-electron chi connectivity index (χ4n) is 1.62. The number of rotatable bonds is 4. The number of carbonyl (C=O) groups excluding carboxylic acids is 2. The predicted molar refractivity (Wildman–Crippen MR) is 66.5 cm³/mol. The molecule has 0 spiro atoms. The van der Waals surface area contributed by atoms with E-state index in [1.165, 1.54) is 32.0 Å². The van der Waals surface area contributed by atoms with Gasteiger partial charge in [-0.25, -0.2) is 9.18 Å². The summed E-state index contributed by atoms with van der Waals surface area (Å²) in [5.74, 6) is -1.90. The second-order valence-electron chi connectivity index (χ2n) is 4.18. The van der Waals surface area contributed by atoms with Crippen molar-refractivity contribution in [1.82, 2.24) is 0 Å². The molecule has 0 aliphatic heterocycles. The van der Waals surface area contributed by atoms with Gasteiger partial charge >= 0.3 is 5.97 Å². The number of esters is 1. The number of alkyl halides is 1. The third-order valence-corrected chi connectivity index (χ3v) is 2.63. The van der Waals surface area contributed by atoms with Gasteiger partial charge in [-0.15, -0.1) is 0 Å². The molecule has 0 radical (unpaired) electrons. The molecule has 18 heavy (non-hydrogen) atoms. The van der Waals surface area contributed by atoms with E-state index in [4.69, 9.17) is 11.6 Å². The zero-order valence-electron chi connectivity index (χ0n) is 10.4. The van der Waals surface area contributed by atoms with Gasteiger partial charge in [-0.2, -0.15) is 0 Å². The number of halogens is 2. The quantitative estimate of drug-likeness (QED) is 0.480. The first-order valence-corrected chi connectivity index (χ1v) is 5.86. The highest BCUT2D eigenvalue weighted by atomic mass is 35.5. The van der Waals surface area contributed by atoms with Crippen LogP contribution in [0, 0.1) is 0 Å². The first-order chi connectivity index (χ1) is 8.29. The number of Topliss-reactive ketones (excluding diaryl/α,β-unsaturated/α-hetero) is 1. The Morgan fingerprint density at radius 1 is 1.39 bits per heavy atom. The van der Waals surface area contributed by atoms with E-state index in [9.17, 15) is 14.0 Å². The van der Waals surface area contributed by atoms with Crippen molar-refractivity contribution >= 4 is 23.4 Å². The van der Waals surface area contributed by atoms with Gasteiger partial charge in [0.25, 0.3) is 5.78 Å². The number of carbonyl (C=O) groups is 2. The first-order valence-electron chi connectivity index (χ1n) is 5.48. The molecule has 0 fully saturated rings. The van der Waals surface area contributed by atoms with Crippen LogP contribution < -0.4 is 0 Å². The summed E-state index contributed by atoms with van der Waals surface area (Å²) >= 11 is 5.90. The molecule has 3 nitrogen and oxygen atoms in total. The highest BCUT2D eigenvalue weighted by Crippen LogP contribution is 2.34. The molecule has 0 amide bonds. The van der Waals surface area contributed by atoms with Crippen LogP contribution in [0.2, 0.25) is 5.02 Å². The molecule has 1 aromatic carbocycles. The molecule has 5 heteroatoms. The van der Waals surface area contributed by atoms with Gasteiger partial charge in [-0.1, -0.05) is 23.7 Å². The minimum absolute atomic E-state index is 0.00437. The topological polar surface area (TPSA) is 43.4 Å². The molecule has 0 heterocycles. The number of ketones is 1. The molecule has 0 atom stereocenters. The molecule has 0 aliphatic carbocycles.